The van der Waals surface area contributed by atoms with Gasteiger partial charge in [-0.1, -0.05) is 48.9 Å². The van der Waals surface area contributed by atoms with Gasteiger partial charge < -0.3 is 4.90 Å². The summed E-state index contributed by atoms with van der Waals surface area (Å²) in [5.41, 5.74) is 2.28. The molecule has 142 valence electrons. The van der Waals surface area contributed by atoms with Gasteiger partial charge in [-0.15, -0.1) is 15.3 Å². The highest BCUT2D eigenvalue weighted by Crippen LogP contribution is 2.33. The highest BCUT2D eigenvalue weighted by molar-refractivity contribution is 14.1. The summed E-state index contributed by atoms with van der Waals surface area (Å²) in [7, 11) is 0. The van der Waals surface area contributed by atoms with Gasteiger partial charge in [0, 0.05) is 38.3 Å². The molecule has 3 heterocycles. The number of fused-ring (bicyclic) bond motifs is 1. The van der Waals surface area contributed by atoms with Crippen molar-refractivity contribution in [3.05, 3.63) is 39.1 Å². The van der Waals surface area contributed by atoms with Gasteiger partial charge in [-0.25, -0.2) is 0 Å². The first-order valence-corrected chi connectivity index (χ1v) is 10.7. The number of aromatic nitrogens is 4. The Kier molecular flexibility index (Phi) is 5.91. The smallest absolute Gasteiger partial charge is 0.205 e. The van der Waals surface area contributed by atoms with Gasteiger partial charge in [0.05, 0.1) is 17.0 Å². The van der Waals surface area contributed by atoms with Crippen LogP contribution in [-0.2, 0) is 6.54 Å². The van der Waals surface area contributed by atoms with Crippen molar-refractivity contribution in [2.75, 3.05) is 39.3 Å². The first-order chi connectivity index (χ1) is 13.2. The zero-order valence-corrected chi connectivity index (χ0v) is 18.2. The van der Waals surface area contributed by atoms with Gasteiger partial charge in [0.1, 0.15) is 9.39 Å². The normalized spacial score (nSPS) is 16.3. The Hall–Kier alpha value is -1.29. The lowest BCUT2D eigenvalue weighted by atomic mass is 10.1. The minimum Gasteiger partial charge on any atom is -0.301 e. The average Bonchev–Trinajstić information content (AvgIpc) is 3.04. The van der Waals surface area contributed by atoms with E-state index in [9.17, 15) is 0 Å². The zero-order chi connectivity index (χ0) is 18.8. The van der Waals surface area contributed by atoms with Gasteiger partial charge in [0.15, 0.2) is 0 Å². The molecule has 1 aromatic carbocycles. The van der Waals surface area contributed by atoms with Crippen molar-refractivity contribution in [3.8, 4) is 11.3 Å². The molecule has 0 spiro atoms. The molecule has 4 rings (SSSR count). The topological polar surface area (TPSA) is 50.1 Å². The predicted octanol–water partition coefficient (Wildman–Crippen LogP) is 3.39. The molecule has 0 unspecified atom stereocenters. The number of piperazine rings is 1. The van der Waals surface area contributed by atoms with E-state index in [0.29, 0.717) is 16.4 Å². The zero-order valence-electron chi connectivity index (χ0n) is 15.3. The van der Waals surface area contributed by atoms with Gasteiger partial charge in [-0.3, -0.25) is 9.58 Å². The Morgan fingerprint density at radius 3 is 2.41 bits per heavy atom. The third-order valence-corrected chi connectivity index (χ3v) is 6.60. The molecule has 1 aliphatic rings. The minimum atomic E-state index is 0.611. The monoisotopic (exact) mass is 496 g/mol. The Morgan fingerprint density at radius 1 is 1.00 bits per heavy atom. The number of halogens is 2. The maximum atomic E-state index is 6.70. The second-order valence-electron chi connectivity index (χ2n) is 6.72. The van der Waals surface area contributed by atoms with E-state index in [1.807, 2.05) is 35.0 Å². The summed E-state index contributed by atoms with van der Waals surface area (Å²) in [5.74, 6) is 0. The molecule has 0 amide bonds. The Morgan fingerprint density at radius 2 is 1.70 bits per heavy atom. The maximum absolute atomic E-state index is 6.70. The van der Waals surface area contributed by atoms with E-state index in [-0.39, 0.29) is 0 Å². The number of likely N-dealkylation sites (N-methyl/N-ethyl adjacent to an activating group) is 1. The quantitative estimate of drug-likeness (QED) is 0.507. The Labute approximate surface area is 177 Å². The molecule has 0 atom stereocenters. The van der Waals surface area contributed by atoms with Crippen LogP contribution < -0.4 is 0 Å². The van der Waals surface area contributed by atoms with E-state index in [2.05, 4.69) is 54.6 Å². The largest absolute Gasteiger partial charge is 0.301 e. The summed E-state index contributed by atoms with van der Waals surface area (Å²) in [6.45, 7) is 9.70. The third kappa shape index (κ3) is 3.96. The summed E-state index contributed by atoms with van der Waals surface area (Å²) < 4.78 is 3.03. The van der Waals surface area contributed by atoms with E-state index in [4.69, 9.17) is 11.6 Å². The van der Waals surface area contributed by atoms with Crippen LogP contribution >= 0.6 is 34.2 Å². The van der Waals surface area contributed by atoms with Gasteiger partial charge in [0.25, 0.3) is 0 Å². The molecule has 0 bridgehead atoms. The van der Waals surface area contributed by atoms with Gasteiger partial charge in [-0.05, 0) is 29.1 Å². The van der Waals surface area contributed by atoms with Gasteiger partial charge in [-0.2, -0.15) is 0 Å². The lowest BCUT2D eigenvalue weighted by Gasteiger charge is -2.33. The molecule has 6 nitrogen and oxygen atoms in total. The fourth-order valence-corrected chi connectivity index (χ4v) is 4.78. The molecular formula is C19H22ClIN6. The van der Waals surface area contributed by atoms with Crippen molar-refractivity contribution in [1.29, 1.82) is 0 Å². The van der Waals surface area contributed by atoms with E-state index in [0.717, 1.165) is 60.5 Å². The molecule has 2 aromatic heterocycles. The average molecular weight is 497 g/mol. The highest BCUT2D eigenvalue weighted by Gasteiger charge is 2.20. The van der Waals surface area contributed by atoms with E-state index in [1.54, 1.807) is 0 Å². The molecule has 0 radical (unpaired) electrons. The van der Waals surface area contributed by atoms with E-state index < -0.39 is 0 Å². The van der Waals surface area contributed by atoms with Gasteiger partial charge >= 0.3 is 0 Å². The number of hydrogen-bond donors (Lipinski definition) is 0. The van der Waals surface area contributed by atoms with E-state index >= 15 is 0 Å². The van der Waals surface area contributed by atoms with Crippen molar-refractivity contribution in [2.45, 2.75) is 13.5 Å². The molecule has 0 N–H and O–H groups in total. The Bertz CT molecular complexity index is 921. The van der Waals surface area contributed by atoms with Crippen molar-refractivity contribution >= 4 is 45.2 Å². The van der Waals surface area contributed by atoms with Crippen LogP contribution in [0.2, 0.25) is 5.02 Å². The predicted molar refractivity (Wildman–Crippen MR) is 117 cm³/mol. The fraction of sp³-hybridized carbons (Fsp3) is 0.421. The highest BCUT2D eigenvalue weighted by atomic mass is 127. The van der Waals surface area contributed by atoms with Crippen LogP contribution in [0.3, 0.4) is 0 Å². The van der Waals surface area contributed by atoms with Gasteiger partial charge in [0.2, 0.25) is 5.65 Å². The molecule has 0 saturated carbocycles. The fourth-order valence-electron chi connectivity index (χ4n) is 3.44. The maximum Gasteiger partial charge on any atom is 0.205 e. The number of rotatable bonds is 5. The number of benzene rings is 1. The molecule has 27 heavy (non-hydrogen) atoms. The summed E-state index contributed by atoms with van der Waals surface area (Å²) in [6.07, 6.45) is 0. The van der Waals surface area contributed by atoms with Crippen molar-refractivity contribution in [2.24, 2.45) is 0 Å². The molecule has 1 aliphatic heterocycles. The Balaban J connectivity index is 1.55. The SMILES string of the molecule is CCN1CCN(CCn2nc3nnc(-c4ccccc4)c(Cl)c3c2I)CC1. The summed E-state index contributed by atoms with van der Waals surface area (Å²) in [6, 6.07) is 9.92. The first kappa shape index (κ1) is 19.0. The molecule has 8 heteroatoms. The molecule has 1 saturated heterocycles. The second kappa shape index (κ2) is 8.38. The second-order valence-corrected chi connectivity index (χ2v) is 8.12. The van der Waals surface area contributed by atoms with E-state index in [1.165, 1.54) is 0 Å². The third-order valence-electron chi connectivity index (χ3n) is 5.13. The molecule has 1 fully saturated rings. The first-order valence-electron chi connectivity index (χ1n) is 9.25. The minimum absolute atomic E-state index is 0.611. The van der Waals surface area contributed by atoms with Crippen LogP contribution in [0.15, 0.2) is 30.3 Å². The lowest BCUT2D eigenvalue weighted by Crippen LogP contribution is -2.47. The van der Waals surface area contributed by atoms with Crippen molar-refractivity contribution < 1.29 is 0 Å². The molecular weight excluding hydrogens is 475 g/mol. The van der Waals surface area contributed by atoms with Crippen LogP contribution in [0, 0.1) is 3.70 Å². The number of nitrogens with zero attached hydrogens (tertiary/aromatic N) is 6. The molecule has 3 aromatic rings. The van der Waals surface area contributed by atoms with Crippen molar-refractivity contribution in [3.63, 3.8) is 0 Å². The van der Waals surface area contributed by atoms with Crippen LogP contribution in [0.5, 0.6) is 0 Å². The van der Waals surface area contributed by atoms with Crippen LogP contribution in [0.25, 0.3) is 22.3 Å². The van der Waals surface area contributed by atoms with Crippen LogP contribution in [0.4, 0.5) is 0 Å². The summed E-state index contributed by atoms with van der Waals surface area (Å²) >= 11 is 9.02. The van der Waals surface area contributed by atoms with Crippen LogP contribution in [0.1, 0.15) is 6.92 Å². The summed E-state index contributed by atoms with van der Waals surface area (Å²) in [4.78, 5) is 4.99. The van der Waals surface area contributed by atoms with Crippen LogP contribution in [-0.4, -0.2) is 69.0 Å². The molecule has 0 aliphatic carbocycles. The summed E-state index contributed by atoms with van der Waals surface area (Å²) in [5, 5.41) is 14.8. The standard InChI is InChI=1S/C19H22ClIN6/c1-2-25-8-10-26(11-9-25)12-13-27-18(21)15-16(20)17(22-23-19(15)24-27)14-6-4-3-5-7-14/h3-7H,2,8-13H2,1H3. The van der Waals surface area contributed by atoms with Crippen molar-refractivity contribution in [1.82, 2.24) is 29.8 Å². The lowest BCUT2D eigenvalue weighted by molar-refractivity contribution is 0.132. The number of hydrogen-bond acceptors (Lipinski definition) is 5.